The smallest absolute Gasteiger partial charge is 0.403 e. The third-order valence-corrected chi connectivity index (χ3v) is 33.1. The van der Waals surface area contributed by atoms with Crippen molar-refractivity contribution in [1.29, 1.82) is 0 Å². The number of methoxy groups -OCH3 is 2. The molecule has 0 aliphatic carbocycles. The molecule has 572 valence electrons. The van der Waals surface area contributed by atoms with Crippen LogP contribution < -0.4 is 0 Å². The average molecular weight is 1500 g/mol. The van der Waals surface area contributed by atoms with Gasteiger partial charge in [0.2, 0.25) is 0 Å². The molecule has 16 atom stereocenters. The molecular formula is C80H115NO20Si3. The highest BCUT2D eigenvalue weighted by atomic mass is 28.4. The van der Waals surface area contributed by atoms with E-state index >= 15 is 9.59 Å². The number of esters is 1. The molecule has 5 saturated heterocycles. The fraction of sp³-hybridized carbons (Fsp3) is 0.600. The Morgan fingerprint density at radius 1 is 0.529 bits per heavy atom. The van der Waals surface area contributed by atoms with Gasteiger partial charge in [0.05, 0.1) is 85.3 Å². The first kappa shape index (κ1) is 81.4. The molecule has 5 aromatic carbocycles. The van der Waals surface area contributed by atoms with Gasteiger partial charge in [-0.15, -0.1) is 0 Å². The van der Waals surface area contributed by atoms with Crippen molar-refractivity contribution in [2.45, 2.75) is 266 Å². The number of amides is 1. The van der Waals surface area contributed by atoms with Crippen molar-refractivity contribution in [3.8, 4) is 0 Å². The molecule has 0 spiro atoms. The molecule has 24 heteroatoms. The first-order valence-corrected chi connectivity index (χ1v) is 44.1. The molecule has 1 amide bonds. The Labute approximate surface area is 619 Å². The second-order valence-electron chi connectivity index (χ2n) is 33.5. The van der Waals surface area contributed by atoms with Gasteiger partial charge in [0.25, 0.3) is 5.79 Å². The van der Waals surface area contributed by atoms with E-state index in [2.05, 4.69) is 61.2 Å². The summed E-state index contributed by atoms with van der Waals surface area (Å²) < 4.78 is 114. The molecule has 5 aliphatic heterocycles. The largest absolute Gasteiger partial charge is 0.465 e. The molecule has 5 heterocycles. The Balaban J connectivity index is 1.13. The van der Waals surface area contributed by atoms with E-state index in [1.807, 2.05) is 193 Å². The van der Waals surface area contributed by atoms with E-state index in [-0.39, 0.29) is 52.9 Å². The zero-order valence-corrected chi connectivity index (χ0v) is 67.1. The van der Waals surface area contributed by atoms with Crippen molar-refractivity contribution < 1.29 is 94.7 Å². The maximum absolute atomic E-state index is 15.7. The van der Waals surface area contributed by atoms with E-state index < -0.39 is 161 Å². The molecule has 5 aromatic rings. The van der Waals surface area contributed by atoms with Gasteiger partial charge in [-0.05, 0) is 33.9 Å². The van der Waals surface area contributed by atoms with Crippen LogP contribution in [0.5, 0.6) is 0 Å². The molecule has 2 N–H and O–H groups in total. The number of aliphatic hydroxyl groups excluding tert-OH is 2. The van der Waals surface area contributed by atoms with Crippen molar-refractivity contribution in [1.82, 2.24) is 4.57 Å². The molecule has 5 aliphatic rings. The molecule has 104 heavy (non-hydrogen) atoms. The lowest BCUT2D eigenvalue weighted by atomic mass is 9.88. The highest BCUT2D eigenvalue weighted by Gasteiger charge is 2.75. The summed E-state index contributed by atoms with van der Waals surface area (Å²) in [5, 5.41) is 24.6. The second kappa shape index (κ2) is 34.2. The van der Waals surface area contributed by atoms with Gasteiger partial charge in [-0.3, -0.25) is 0 Å². The zero-order valence-electron chi connectivity index (χ0n) is 64.1. The summed E-state index contributed by atoms with van der Waals surface area (Å²) in [7, 11) is -6.40. The molecule has 5 fully saturated rings. The Morgan fingerprint density at radius 2 is 0.971 bits per heavy atom. The summed E-state index contributed by atoms with van der Waals surface area (Å²) in [5.74, 6) is -3.71. The summed E-state index contributed by atoms with van der Waals surface area (Å²) in [6, 6.07) is 48.0. The lowest BCUT2D eigenvalue weighted by molar-refractivity contribution is -0.396. The average Bonchev–Trinajstić information content (AvgIpc) is 0.994. The van der Waals surface area contributed by atoms with Crippen molar-refractivity contribution in [3.63, 3.8) is 0 Å². The number of benzene rings is 5. The maximum atomic E-state index is 15.7. The molecule has 0 aromatic heterocycles. The van der Waals surface area contributed by atoms with Gasteiger partial charge in [-0.25, -0.2) is 9.59 Å². The summed E-state index contributed by atoms with van der Waals surface area (Å²) in [6.07, 6.45) is -19.5. The van der Waals surface area contributed by atoms with Crippen LogP contribution in [0.3, 0.4) is 0 Å². The first-order chi connectivity index (χ1) is 49.2. The lowest BCUT2D eigenvalue weighted by Gasteiger charge is -2.65. The van der Waals surface area contributed by atoms with Gasteiger partial charge in [-0.2, -0.15) is 0 Å². The second-order valence-corrected chi connectivity index (χ2v) is 48.9. The van der Waals surface area contributed by atoms with Crippen LogP contribution in [-0.4, -0.2) is 190 Å². The number of rotatable bonds is 27. The molecule has 0 unspecified atom stereocenters. The third-order valence-electron chi connectivity index (χ3n) is 20.4. The van der Waals surface area contributed by atoms with E-state index in [0.29, 0.717) is 6.61 Å². The highest BCUT2D eigenvalue weighted by molar-refractivity contribution is 6.79. The predicted octanol–water partition coefficient (Wildman–Crippen LogP) is 13.5. The zero-order chi connectivity index (χ0) is 75.0. The van der Waals surface area contributed by atoms with Gasteiger partial charge < -0.3 is 89.6 Å². The topological polar surface area (TPSA) is 226 Å². The molecule has 0 radical (unpaired) electrons. The van der Waals surface area contributed by atoms with Crippen LogP contribution in [0.1, 0.15) is 117 Å². The Bertz CT molecular complexity index is 3450. The number of carbonyl (C=O) groups is 2. The van der Waals surface area contributed by atoms with Crippen molar-refractivity contribution in [2.24, 2.45) is 0 Å². The van der Waals surface area contributed by atoms with E-state index in [1.165, 1.54) is 14.2 Å². The van der Waals surface area contributed by atoms with E-state index in [0.717, 1.165) is 33.9 Å². The van der Waals surface area contributed by atoms with Crippen LogP contribution in [0, 0.1) is 0 Å². The maximum Gasteiger partial charge on any atom is 0.403 e. The Kier molecular flexibility index (Phi) is 26.7. The molecular weight excluding hydrogens is 1380 g/mol. The Hall–Kier alpha value is -5.15. The van der Waals surface area contributed by atoms with Gasteiger partial charge in [-0.1, -0.05) is 254 Å². The lowest BCUT2D eigenvalue weighted by Crippen LogP contribution is -2.83. The molecule has 21 nitrogen and oxygen atoms in total. The summed E-state index contributed by atoms with van der Waals surface area (Å²) >= 11 is 0. The summed E-state index contributed by atoms with van der Waals surface area (Å²) in [6.45, 7) is 32.3. The van der Waals surface area contributed by atoms with Crippen LogP contribution in [-0.2, 0) is 113 Å². The summed E-state index contributed by atoms with van der Waals surface area (Å²) in [4.78, 5) is 30.8. The molecule has 0 bridgehead atoms. The minimum Gasteiger partial charge on any atom is -0.465 e. The monoisotopic (exact) mass is 1490 g/mol. The van der Waals surface area contributed by atoms with E-state index in [9.17, 15) is 10.2 Å². The van der Waals surface area contributed by atoms with Gasteiger partial charge >= 0.3 is 29.1 Å². The number of hydrogen-bond acceptors (Lipinski definition) is 20. The Morgan fingerprint density at radius 3 is 1.40 bits per heavy atom. The normalized spacial score (nSPS) is 29.6. The van der Waals surface area contributed by atoms with Gasteiger partial charge in [0.1, 0.15) is 61.0 Å². The van der Waals surface area contributed by atoms with Crippen LogP contribution in [0.4, 0.5) is 4.79 Å². The van der Waals surface area contributed by atoms with E-state index in [4.69, 9.17) is 74.9 Å². The standard InChI is InChI=1S/C80H115NO20Si3/c1-76(2,3)103(77(4,5)6)81(75(85)87-14)63-59(82)45-80(74(84)86-13,98-67(63)66(101-103)62-53-94-104(100-62,78(7,8)9)79(10,11)12)99-68-64(83)60(51-88-46-54-33-23-18-24-34-54)95-73(70(68)92-49-57-39-29-21-30-40-57)97-65-61(52-89-47-55-35-25-19-26-36-55)96-72(90-43-44-102(15,16)17)71(93-50-58-41-31-22-32-42-58)69(65)91-48-56-37-27-20-28-38-56/h18-42,59-73,82-83H,43-53H2,1-17H3/t59-,60+,61+,62+,63+,64-,65+,66+,67+,68-,69-,70+,71+,72+,73-,80-/m0/s1. The van der Waals surface area contributed by atoms with Crippen molar-refractivity contribution in [2.75, 3.05) is 40.6 Å². The third kappa shape index (κ3) is 18.4. The van der Waals surface area contributed by atoms with Gasteiger partial charge in [0.15, 0.2) is 12.6 Å². The van der Waals surface area contributed by atoms with Gasteiger partial charge in [0, 0.05) is 41.3 Å². The fourth-order valence-electron chi connectivity index (χ4n) is 15.9. The first-order valence-electron chi connectivity index (χ1n) is 36.7. The summed E-state index contributed by atoms with van der Waals surface area (Å²) in [5.41, 5.74) is 4.26. The number of aliphatic hydroxyl groups is 2. The minimum atomic E-state index is -3.90. The van der Waals surface area contributed by atoms with Crippen LogP contribution in [0.2, 0.25) is 45.8 Å². The number of nitrogens with zero attached hydrogens (tertiary/aromatic N) is 1. The molecule has 10 rings (SSSR count). The molecule has 0 saturated carbocycles. The number of carbonyl (C=O) groups excluding carboxylic acids is 2. The van der Waals surface area contributed by atoms with Crippen LogP contribution in [0.15, 0.2) is 152 Å². The number of hydrogen-bond donors (Lipinski definition) is 2. The van der Waals surface area contributed by atoms with Crippen molar-refractivity contribution >= 4 is 37.2 Å². The minimum absolute atomic E-state index is 0.0521. The van der Waals surface area contributed by atoms with Crippen LogP contribution in [0.25, 0.3) is 0 Å². The number of fused-ring (bicyclic) bond motifs is 1. The number of ether oxygens (including phenoxy) is 13. The fourth-order valence-corrected chi connectivity index (χ4v) is 27.8. The quantitative estimate of drug-likeness (QED) is 0.0368. The SMILES string of the molecule is COC(=O)N1[C@H]2[C@@H](O[C@@](O[C@H]3[C@@H](O)[C@@H](COCc4ccccc4)O[C@@H](O[C@H]4[C@H](OCc5ccccc5)[C@@H](OCc5ccccc5)[C@H](OCC[Si](C)(C)C)O[C@@H]4COCc4ccccc4)[C@@H]3OCc3ccccc3)(C(=O)OC)C[C@@H]2O)[C@@H]([C@H]2CO[Si](C(C)(C)C)(C(C)(C)C)O2)O[Si]1(C(C)(C)C)C(C)(C)C. The van der Waals surface area contributed by atoms with E-state index in [1.54, 1.807) is 4.57 Å². The highest BCUT2D eigenvalue weighted by Crippen LogP contribution is 2.61. The van der Waals surface area contributed by atoms with Crippen molar-refractivity contribution in [3.05, 3.63) is 179 Å². The van der Waals surface area contributed by atoms with Crippen LogP contribution >= 0.6 is 0 Å². The predicted molar refractivity (Wildman–Crippen MR) is 399 cm³/mol.